The second kappa shape index (κ2) is 14.7. The lowest BCUT2D eigenvalue weighted by Gasteiger charge is -2.43. The summed E-state index contributed by atoms with van der Waals surface area (Å²) in [7, 11) is -2.04. The molecular formula is C35H54NO4P. The van der Waals surface area contributed by atoms with Gasteiger partial charge in [0, 0.05) is 6.54 Å². The third-order valence-corrected chi connectivity index (χ3v) is 11.8. The number of rotatable bonds is 12. The summed E-state index contributed by atoms with van der Waals surface area (Å²) in [5, 5.41) is 3.67. The molecule has 2 aliphatic carbocycles. The molecule has 5 nitrogen and oxygen atoms in total. The first-order valence-electron chi connectivity index (χ1n) is 16.0. The SMILES string of the molecule is COc1ccc([C@@H](NCc2ccccc2)P(=O)(O[C@@H]2C[C@H](C)CC[C@@H]2C(C)C)O[C@@H]2C[C@H](C)CC[C@@H]2C(C)C)cc1. The second-order valence-electron chi connectivity index (χ2n) is 13.5. The van der Waals surface area contributed by atoms with Crippen LogP contribution in [0.3, 0.4) is 0 Å². The van der Waals surface area contributed by atoms with E-state index in [4.69, 9.17) is 13.8 Å². The number of methoxy groups -OCH3 is 1. The first-order valence-corrected chi connectivity index (χ1v) is 17.6. The van der Waals surface area contributed by atoms with E-state index in [1.807, 2.05) is 42.5 Å². The number of nitrogens with one attached hydrogen (secondary N) is 1. The minimum atomic E-state index is -3.71. The summed E-state index contributed by atoms with van der Waals surface area (Å²) in [5.74, 6) is 2.89. The Morgan fingerprint density at radius 3 is 1.76 bits per heavy atom. The lowest BCUT2D eigenvalue weighted by atomic mass is 9.75. The Balaban J connectivity index is 1.76. The van der Waals surface area contributed by atoms with Gasteiger partial charge < -0.3 is 13.8 Å². The summed E-state index contributed by atoms with van der Waals surface area (Å²) in [6, 6.07) is 18.2. The molecule has 0 bridgehead atoms. The Labute approximate surface area is 249 Å². The summed E-state index contributed by atoms with van der Waals surface area (Å²) in [6.07, 6.45) is 6.23. The van der Waals surface area contributed by atoms with E-state index in [1.54, 1.807) is 7.11 Å². The average molecular weight is 584 g/mol. The van der Waals surface area contributed by atoms with Crippen LogP contribution in [-0.4, -0.2) is 19.3 Å². The van der Waals surface area contributed by atoms with Crippen molar-refractivity contribution >= 4 is 7.60 Å². The van der Waals surface area contributed by atoms with Crippen molar-refractivity contribution in [3.8, 4) is 5.75 Å². The first kappa shape index (κ1) is 32.3. The lowest BCUT2D eigenvalue weighted by molar-refractivity contribution is -0.00694. The van der Waals surface area contributed by atoms with Gasteiger partial charge in [0.1, 0.15) is 11.5 Å². The summed E-state index contributed by atoms with van der Waals surface area (Å²) in [5.41, 5.74) is 2.04. The van der Waals surface area contributed by atoms with Crippen LogP contribution in [0.1, 0.15) is 97.0 Å². The minimum absolute atomic E-state index is 0.0950. The maximum Gasteiger partial charge on any atom is 0.352 e. The van der Waals surface area contributed by atoms with Crippen molar-refractivity contribution in [1.82, 2.24) is 5.32 Å². The molecule has 7 atom stereocenters. The molecular weight excluding hydrogens is 529 g/mol. The van der Waals surface area contributed by atoms with Crippen molar-refractivity contribution < 1.29 is 18.3 Å². The van der Waals surface area contributed by atoms with Crippen LogP contribution in [0.25, 0.3) is 0 Å². The van der Waals surface area contributed by atoms with Crippen molar-refractivity contribution in [2.24, 2.45) is 35.5 Å². The molecule has 2 aromatic rings. The van der Waals surface area contributed by atoms with Crippen molar-refractivity contribution in [2.75, 3.05) is 7.11 Å². The standard InChI is InChI=1S/C35H54NO4P/c1-24(2)31-19-13-26(5)21-33(31)39-41(37,40-34-22-27(6)14-20-32(34)25(3)4)35(29-15-17-30(38-7)18-16-29)36-23-28-11-9-8-10-12-28/h8-12,15-18,24-27,31-36H,13-14,19-23H2,1-7H3/t26-,27-,31-,32-,33-,34-,35+/m1/s1. The van der Waals surface area contributed by atoms with Crippen LogP contribution in [-0.2, 0) is 20.2 Å². The van der Waals surface area contributed by atoms with Gasteiger partial charge in [-0.1, -0.05) is 96.8 Å². The molecule has 0 saturated heterocycles. The monoisotopic (exact) mass is 583 g/mol. The molecule has 6 heteroatoms. The fourth-order valence-corrected chi connectivity index (χ4v) is 9.39. The molecule has 0 spiro atoms. The van der Waals surface area contributed by atoms with E-state index in [1.165, 1.54) is 12.8 Å². The van der Waals surface area contributed by atoms with Crippen molar-refractivity contribution in [1.29, 1.82) is 0 Å². The highest BCUT2D eigenvalue weighted by Gasteiger charge is 2.46. The molecule has 228 valence electrons. The maximum absolute atomic E-state index is 15.6. The van der Waals surface area contributed by atoms with Gasteiger partial charge in [0.25, 0.3) is 0 Å². The van der Waals surface area contributed by atoms with E-state index in [0.717, 1.165) is 42.6 Å². The van der Waals surface area contributed by atoms with E-state index in [0.29, 0.717) is 42.1 Å². The molecule has 0 amide bonds. The van der Waals surface area contributed by atoms with Crippen LogP contribution in [0.15, 0.2) is 54.6 Å². The predicted molar refractivity (Wildman–Crippen MR) is 169 cm³/mol. The summed E-state index contributed by atoms with van der Waals surface area (Å²) < 4.78 is 35.1. The Morgan fingerprint density at radius 2 is 1.29 bits per heavy atom. The molecule has 0 unspecified atom stereocenters. The Kier molecular flexibility index (Phi) is 11.6. The average Bonchev–Trinajstić information content (AvgIpc) is 2.93. The smallest absolute Gasteiger partial charge is 0.352 e. The van der Waals surface area contributed by atoms with E-state index in [-0.39, 0.29) is 12.2 Å². The van der Waals surface area contributed by atoms with Gasteiger partial charge in [-0.05, 0) is 84.5 Å². The van der Waals surface area contributed by atoms with Gasteiger partial charge in [0.15, 0.2) is 0 Å². The quantitative estimate of drug-likeness (QED) is 0.252. The molecule has 2 fully saturated rings. The highest BCUT2D eigenvalue weighted by molar-refractivity contribution is 7.54. The number of ether oxygens (including phenoxy) is 1. The Morgan fingerprint density at radius 1 is 0.780 bits per heavy atom. The third-order valence-electron chi connectivity index (χ3n) is 9.58. The zero-order valence-corrected chi connectivity index (χ0v) is 27.3. The first-order chi connectivity index (χ1) is 19.6. The number of benzene rings is 2. The number of hydrogen-bond donors (Lipinski definition) is 1. The van der Waals surface area contributed by atoms with Crippen LogP contribution in [0, 0.1) is 35.5 Å². The molecule has 0 aromatic heterocycles. The minimum Gasteiger partial charge on any atom is -0.497 e. The predicted octanol–water partition coefficient (Wildman–Crippen LogP) is 9.63. The molecule has 41 heavy (non-hydrogen) atoms. The van der Waals surface area contributed by atoms with Gasteiger partial charge in [-0.25, -0.2) is 0 Å². The molecule has 2 saturated carbocycles. The second-order valence-corrected chi connectivity index (χ2v) is 15.5. The van der Waals surface area contributed by atoms with Gasteiger partial charge in [-0.3, -0.25) is 9.88 Å². The largest absolute Gasteiger partial charge is 0.497 e. The Hall–Kier alpha value is -1.65. The zero-order chi connectivity index (χ0) is 29.6. The lowest BCUT2D eigenvalue weighted by Crippen LogP contribution is -2.38. The summed E-state index contributed by atoms with van der Waals surface area (Å²) in [6.45, 7) is 14.3. The van der Waals surface area contributed by atoms with Crippen molar-refractivity contribution in [3.05, 3.63) is 65.7 Å². The van der Waals surface area contributed by atoms with Crippen LogP contribution in [0.5, 0.6) is 5.75 Å². The fraction of sp³-hybridized carbons (Fsp3) is 0.657. The van der Waals surface area contributed by atoms with E-state index < -0.39 is 13.4 Å². The van der Waals surface area contributed by atoms with Gasteiger partial charge in [-0.15, -0.1) is 0 Å². The van der Waals surface area contributed by atoms with E-state index in [2.05, 4.69) is 59.0 Å². The molecule has 0 radical (unpaired) electrons. The van der Waals surface area contributed by atoms with Gasteiger partial charge in [-0.2, -0.15) is 0 Å². The highest BCUT2D eigenvalue weighted by atomic mass is 31.2. The highest BCUT2D eigenvalue weighted by Crippen LogP contribution is 2.64. The van der Waals surface area contributed by atoms with E-state index in [9.17, 15) is 0 Å². The van der Waals surface area contributed by atoms with Crippen LogP contribution in [0.4, 0.5) is 0 Å². The third kappa shape index (κ3) is 8.47. The number of hydrogen-bond acceptors (Lipinski definition) is 5. The van der Waals surface area contributed by atoms with Crippen molar-refractivity contribution in [2.45, 2.75) is 105 Å². The molecule has 0 heterocycles. The van der Waals surface area contributed by atoms with Crippen LogP contribution < -0.4 is 10.1 Å². The van der Waals surface area contributed by atoms with Gasteiger partial charge in [0.2, 0.25) is 0 Å². The van der Waals surface area contributed by atoms with Crippen LogP contribution in [0.2, 0.25) is 0 Å². The van der Waals surface area contributed by atoms with E-state index >= 15 is 4.57 Å². The van der Waals surface area contributed by atoms with Gasteiger partial charge in [0.05, 0.1) is 19.3 Å². The molecule has 1 N–H and O–H groups in total. The summed E-state index contributed by atoms with van der Waals surface area (Å²) in [4.78, 5) is 0. The normalized spacial score (nSPS) is 28.1. The molecule has 4 rings (SSSR count). The molecule has 2 aliphatic rings. The molecule has 2 aromatic carbocycles. The van der Waals surface area contributed by atoms with Gasteiger partial charge >= 0.3 is 7.60 Å². The Bertz CT molecular complexity index is 1070. The zero-order valence-electron chi connectivity index (χ0n) is 26.4. The van der Waals surface area contributed by atoms with Crippen molar-refractivity contribution in [3.63, 3.8) is 0 Å². The maximum atomic E-state index is 15.6. The summed E-state index contributed by atoms with van der Waals surface area (Å²) >= 11 is 0. The fourth-order valence-electron chi connectivity index (χ4n) is 7.00. The molecule has 0 aliphatic heterocycles. The topological polar surface area (TPSA) is 56.8 Å². The van der Waals surface area contributed by atoms with Crippen LogP contribution >= 0.6 is 7.60 Å².